The molecule has 0 radical (unpaired) electrons. The Morgan fingerprint density at radius 3 is 2.13 bits per heavy atom. The third-order valence-electron chi connectivity index (χ3n) is 4.02. The van der Waals surface area contributed by atoms with Gasteiger partial charge in [-0.1, -0.05) is 0 Å². The van der Waals surface area contributed by atoms with Crippen LogP contribution in [0.15, 0.2) is 18.2 Å². The number of likely N-dealkylation sites (N-methyl/N-ethyl adjacent to an activating group) is 1. The summed E-state index contributed by atoms with van der Waals surface area (Å²) >= 11 is 0. The summed E-state index contributed by atoms with van der Waals surface area (Å²) in [6, 6.07) is 5.97. The molecule has 1 saturated heterocycles. The molecule has 1 aromatic rings. The van der Waals surface area contributed by atoms with Gasteiger partial charge in [-0.15, -0.1) is 0 Å². The number of nitrogens with zero attached hydrogens (tertiary/aromatic N) is 2. The summed E-state index contributed by atoms with van der Waals surface area (Å²) in [6.07, 6.45) is 0. The molecule has 0 spiro atoms. The number of rotatable bonds is 7. The number of piperazine rings is 1. The van der Waals surface area contributed by atoms with Crippen LogP contribution in [0.1, 0.15) is 12.5 Å². The molecule has 1 aromatic carbocycles. The van der Waals surface area contributed by atoms with Gasteiger partial charge in [0.05, 0.1) is 20.8 Å². The third-order valence-corrected chi connectivity index (χ3v) is 4.02. The van der Waals surface area contributed by atoms with Crippen molar-refractivity contribution in [2.24, 2.45) is 0 Å². The van der Waals surface area contributed by atoms with Crippen molar-refractivity contribution in [2.75, 3.05) is 53.5 Å². The summed E-state index contributed by atoms with van der Waals surface area (Å²) in [6.45, 7) is 7.74. The zero-order valence-corrected chi connectivity index (χ0v) is 14.3. The molecule has 1 N–H and O–H groups in total. The molecule has 1 aliphatic rings. The molecule has 0 saturated carbocycles. The Kier molecular flexibility index (Phi) is 6.67. The van der Waals surface area contributed by atoms with E-state index in [1.165, 1.54) is 5.56 Å². The van der Waals surface area contributed by atoms with E-state index in [2.05, 4.69) is 15.1 Å². The van der Waals surface area contributed by atoms with Gasteiger partial charge in [-0.25, -0.2) is 0 Å². The number of hydrogen-bond donors (Lipinski definition) is 1. The number of hydrogen-bond acceptors (Lipinski definition) is 5. The minimum absolute atomic E-state index is 0.110. The minimum Gasteiger partial charge on any atom is -0.497 e. The first-order valence-electron chi connectivity index (χ1n) is 8.08. The predicted molar refractivity (Wildman–Crippen MR) is 89.9 cm³/mol. The monoisotopic (exact) mass is 321 g/mol. The Morgan fingerprint density at radius 1 is 1.04 bits per heavy atom. The quantitative estimate of drug-likeness (QED) is 0.811. The molecule has 0 bridgehead atoms. The second-order valence-corrected chi connectivity index (χ2v) is 5.73. The number of carbonyl (C=O) groups excluding carboxylic acids is 1. The largest absolute Gasteiger partial charge is 0.497 e. The maximum Gasteiger partial charge on any atom is 0.234 e. The van der Waals surface area contributed by atoms with Crippen LogP contribution in [0, 0.1) is 0 Å². The predicted octanol–water partition coefficient (Wildman–Crippen LogP) is 0.958. The van der Waals surface area contributed by atoms with Gasteiger partial charge in [0.25, 0.3) is 0 Å². The van der Waals surface area contributed by atoms with Crippen LogP contribution in [0.5, 0.6) is 11.5 Å². The summed E-state index contributed by atoms with van der Waals surface area (Å²) in [7, 11) is 3.33. The fourth-order valence-corrected chi connectivity index (χ4v) is 2.78. The van der Waals surface area contributed by atoms with E-state index >= 15 is 0 Å². The zero-order chi connectivity index (χ0) is 16.7. The zero-order valence-electron chi connectivity index (χ0n) is 14.3. The fraction of sp³-hybridized carbons (Fsp3) is 0.588. The van der Waals surface area contributed by atoms with E-state index in [9.17, 15) is 4.79 Å². The van der Waals surface area contributed by atoms with E-state index in [0.29, 0.717) is 13.1 Å². The lowest BCUT2D eigenvalue weighted by Gasteiger charge is -2.34. The molecule has 1 fully saturated rings. The number of nitrogens with one attached hydrogen (secondary N) is 1. The van der Waals surface area contributed by atoms with Crippen molar-refractivity contribution < 1.29 is 14.3 Å². The average molecular weight is 321 g/mol. The van der Waals surface area contributed by atoms with E-state index in [0.717, 1.165) is 44.2 Å². The van der Waals surface area contributed by atoms with Crippen LogP contribution in [0.25, 0.3) is 0 Å². The second kappa shape index (κ2) is 8.74. The Morgan fingerprint density at radius 2 is 1.61 bits per heavy atom. The van der Waals surface area contributed by atoms with Gasteiger partial charge in [0.1, 0.15) is 11.5 Å². The maximum absolute atomic E-state index is 11.6. The van der Waals surface area contributed by atoms with Gasteiger partial charge in [0.2, 0.25) is 5.91 Å². The topological polar surface area (TPSA) is 54.0 Å². The highest BCUT2D eigenvalue weighted by Crippen LogP contribution is 2.23. The van der Waals surface area contributed by atoms with Crippen LogP contribution < -0.4 is 14.8 Å². The van der Waals surface area contributed by atoms with Crippen LogP contribution in [0.2, 0.25) is 0 Å². The lowest BCUT2D eigenvalue weighted by atomic mass is 10.1. The van der Waals surface area contributed by atoms with E-state index in [1.807, 2.05) is 25.1 Å². The van der Waals surface area contributed by atoms with Crippen LogP contribution in [0.4, 0.5) is 0 Å². The summed E-state index contributed by atoms with van der Waals surface area (Å²) in [5, 5.41) is 2.85. The first kappa shape index (κ1) is 17.6. The van der Waals surface area contributed by atoms with Gasteiger partial charge in [0.15, 0.2) is 0 Å². The number of amides is 1. The highest BCUT2D eigenvalue weighted by Gasteiger charge is 2.19. The van der Waals surface area contributed by atoms with E-state index in [1.54, 1.807) is 14.2 Å². The fourth-order valence-electron chi connectivity index (χ4n) is 2.78. The van der Waals surface area contributed by atoms with Crippen LogP contribution in [-0.2, 0) is 11.3 Å². The van der Waals surface area contributed by atoms with Gasteiger partial charge in [-0.2, -0.15) is 0 Å². The molecule has 6 heteroatoms. The normalized spacial score (nSPS) is 16.1. The summed E-state index contributed by atoms with van der Waals surface area (Å²) < 4.78 is 10.6. The molecule has 1 amide bonds. The van der Waals surface area contributed by atoms with E-state index in [4.69, 9.17) is 9.47 Å². The molecule has 23 heavy (non-hydrogen) atoms. The van der Waals surface area contributed by atoms with Gasteiger partial charge in [0, 0.05) is 45.3 Å². The summed E-state index contributed by atoms with van der Waals surface area (Å²) in [4.78, 5) is 16.2. The van der Waals surface area contributed by atoms with Gasteiger partial charge in [-0.3, -0.25) is 14.6 Å². The number of ether oxygens (including phenoxy) is 2. The number of methoxy groups -OCH3 is 2. The van der Waals surface area contributed by atoms with Crippen molar-refractivity contribution in [1.82, 2.24) is 15.1 Å². The van der Waals surface area contributed by atoms with Crippen LogP contribution in [-0.4, -0.2) is 69.2 Å². The van der Waals surface area contributed by atoms with Crippen molar-refractivity contribution in [3.8, 4) is 11.5 Å². The minimum atomic E-state index is 0.110. The van der Waals surface area contributed by atoms with Gasteiger partial charge < -0.3 is 14.8 Å². The van der Waals surface area contributed by atoms with E-state index < -0.39 is 0 Å². The molecule has 1 heterocycles. The first-order chi connectivity index (χ1) is 11.1. The number of carbonyl (C=O) groups is 1. The average Bonchev–Trinajstić information content (AvgIpc) is 2.56. The molecule has 0 aliphatic carbocycles. The molecule has 2 rings (SSSR count). The van der Waals surface area contributed by atoms with Crippen molar-refractivity contribution in [3.63, 3.8) is 0 Å². The van der Waals surface area contributed by atoms with Gasteiger partial charge in [-0.05, 0) is 24.6 Å². The van der Waals surface area contributed by atoms with Crippen molar-refractivity contribution >= 4 is 5.91 Å². The SMILES string of the molecule is CCNC(=O)CN1CCN(Cc2cc(OC)cc(OC)c2)CC1. The third kappa shape index (κ3) is 5.41. The highest BCUT2D eigenvalue weighted by molar-refractivity contribution is 5.77. The van der Waals surface area contributed by atoms with E-state index in [-0.39, 0.29) is 5.91 Å². The summed E-state index contributed by atoms with van der Waals surface area (Å²) in [5.41, 5.74) is 1.18. The van der Waals surface area contributed by atoms with Crippen molar-refractivity contribution in [2.45, 2.75) is 13.5 Å². The van der Waals surface area contributed by atoms with Gasteiger partial charge >= 0.3 is 0 Å². The lowest BCUT2D eigenvalue weighted by molar-refractivity contribution is -0.122. The first-order valence-corrected chi connectivity index (χ1v) is 8.08. The molecule has 1 aliphatic heterocycles. The Labute approximate surface area is 138 Å². The molecule has 128 valence electrons. The maximum atomic E-state index is 11.6. The molecule has 0 unspecified atom stereocenters. The second-order valence-electron chi connectivity index (χ2n) is 5.73. The Hall–Kier alpha value is -1.79. The van der Waals surface area contributed by atoms with Crippen molar-refractivity contribution in [3.05, 3.63) is 23.8 Å². The Bertz CT molecular complexity index is 492. The standard InChI is InChI=1S/C17H27N3O3/c1-4-18-17(21)13-20-7-5-19(6-8-20)12-14-9-15(22-2)11-16(10-14)23-3/h9-11H,4-8,12-13H2,1-3H3,(H,18,21). The highest BCUT2D eigenvalue weighted by atomic mass is 16.5. The Balaban J connectivity index is 1.85. The summed E-state index contributed by atoms with van der Waals surface area (Å²) in [5.74, 6) is 1.74. The molecular formula is C17H27N3O3. The molecule has 0 atom stereocenters. The van der Waals surface area contributed by atoms with Crippen molar-refractivity contribution in [1.29, 1.82) is 0 Å². The van der Waals surface area contributed by atoms with Crippen LogP contribution >= 0.6 is 0 Å². The smallest absolute Gasteiger partial charge is 0.234 e. The molecule has 6 nitrogen and oxygen atoms in total. The molecular weight excluding hydrogens is 294 g/mol. The lowest BCUT2D eigenvalue weighted by Crippen LogP contribution is -2.49. The van der Waals surface area contributed by atoms with Crippen LogP contribution in [0.3, 0.4) is 0 Å². The molecule has 0 aromatic heterocycles. The number of benzene rings is 1.